The molecule has 0 amide bonds. The minimum absolute atomic E-state index is 0.153. The average molecular weight is 218 g/mol. The summed E-state index contributed by atoms with van der Waals surface area (Å²) >= 11 is 0. The zero-order valence-corrected chi connectivity index (χ0v) is 9.66. The largest absolute Gasteiger partial charge is 0.207 e. The molecule has 16 heavy (non-hydrogen) atoms. The third kappa shape index (κ3) is 3.48. The van der Waals surface area contributed by atoms with Gasteiger partial charge in [0, 0.05) is 0 Å². The lowest BCUT2D eigenvalue weighted by Gasteiger charge is -2.17. The van der Waals surface area contributed by atoms with Crippen LogP contribution in [0.3, 0.4) is 0 Å². The SMILES string of the molecule is Fc1ccc(C/C=C/C2CCCCC2)cc1. The maximum absolute atomic E-state index is 12.7. The molecule has 0 aliphatic heterocycles. The second kappa shape index (κ2) is 5.83. The summed E-state index contributed by atoms with van der Waals surface area (Å²) in [5.74, 6) is 0.634. The fourth-order valence-electron chi connectivity index (χ4n) is 2.34. The molecule has 1 heteroatoms. The van der Waals surface area contributed by atoms with Gasteiger partial charge in [-0.05, 0) is 42.9 Å². The molecule has 0 unspecified atom stereocenters. The van der Waals surface area contributed by atoms with E-state index >= 15 is 0 Å². The Hall–Kier alpha value is -1.11. The standard InChI is InChI=1S/C15H19F/c16-15-11-9-14(10-12-15)8-4-7-13-5-2-1-3-6-13/h4,7,9-13H,1-3,5-6,8H2/b7-4+. The van der Waals surface area contributed by atoms with E-state index in [1.807, 2.05) is 12.1 Å². The Morgan fingerprint density at radius 3 is 2.44 bits per heavy atom. The third-order valence-electron chi connectivity index (χ3n) is 3.32. The summed E-state index contributed by atoms with van der Waals surface area (Å²) in [6.07, 6.45) is 12.4. The molecule has 0 spiro atoms. The van der Waals surface area contributed by atoms with E-state index in [0.29, 0.717) is 0 Å². The first-order valence-electron chi connectivity index (χ1n) is 6.26. The van der Waals surface area contributed by atoms with Crippen LogP contribution in [0.5, 0.6) is 0 Å². The molecule has 0 saturated heterocycles. The topological polar surface area (TPSA) is 0 Å². The van der Waals surface area contributed by atoms with Gasteiger partial charge in [-0.25, -0.2) is 4.39 Å². The van der Waals surface area contributed by atoms with Crippen molar-refractivity contribution in [2.75, 3.05) is 0 Å². The van der Waals surface area contributed by atoms with Crippen molar-refractivity contribution in [2.24, 2.45) is 5.92 Å². The number of rotatable bonds is 3. The van der Waals surface area contributed by atoms with E-state index in [1.54, 1.807) is 0 Å². The summed E-state index contributed by atoms with van der Waals surface area (Å²) in [6, 6.07) is 6.79. The summed E-state index contributed by atoms with van der Waals surface area (Å²) in [5.41, 5.74) is 1.19. The van der Waals surface area contributed by atoms with Crippen LogP contribution in [0.25, 0.3) is 0 Å². The van der Waals surface area contributed by atoms with Crippen LogP contribution >= 0.6 is 0 Å². The van der Waals surface area contributed by atoms with Gasteiger partial charge in [-0.2, -0.15) is 0 Å². The maximum atomic E-state index is 12.7. The summed E-state index contributed by atoms with van der Waals surface area (Å²) < 4.78 is 12.7. The monoisotopic (exact) mass is 218 g/mol. The summed E-state index contributed by atoms with van der Waals surface area (Å²) in [5, 5.41) is 0. The molecule has 2 rings (SSSR count). The van der Waals surface area contributed by atoms with Gasteiger partial charge in [-0.1, -0.05) is 43.5 Å². The molecule has 0 nitrogen and oxygen atoms in total. The Morgan fingerprint density at radius 2 is 1.75 bits per heavy atom. The molecule has 1 aliphatic carbocycles. The first-order valence-corrected chi connectivity index (χ1v) is 6.26. The van der Waals surface area contributed by atoms with Crippen LogP contribution in [0, 0.1) is 11.7 Å². The first kappa shape index (κ1) is 11.4. The van der Waals surface area contributed by atoms with Gasteiger partial charge in [0.15, 0.2) is 0 Å². The van der Waals surface area contributed by atoms with Crippen molar-refractivity contribution in [3.8, 4) is 0 Å². The van der Waals surface area contributed by atoms with E-state index in [9.17, 15) is 4.39 Å². The lowest BCUT2D eigenvalue weighted by Crippen LogP contribution is -2.02. The van der Waals surface area contributed by atoms with Crippen LogP contribution in [-0.2, 0) is 6.42 Å². The zero-order valence-electron chi connectivity index (χ0n) is 9.66. The van der Waals surface area contributed by atoms with Crippen LogP contribution in [0.2, 0.25) is 0 Å². The van der Waals surface area contributed by atoms with E-state index in [1.165, 1.54) is 49.8 Å². The molecule has 0 bridgehead atoms. The molecule has 1 aromatic carbocycles. The fourth-order valence-corrected chi connectivity index (χ4v) is 2.34. The van der Waals surface area contributed by atoms with Gasteiger partial charge in [0.2, 0.25) is 0 Å². The zero-order chi connectivity index (χ0) is 11.2. The average Bonchev–Trinajstić information content (AvgIpc) is 2.33. The molecule has 0 radical (unpaired) electrons. The lowest BCUT2D eigenvalue weighted by atomic mass is 9.89. The van der Waals surface area contributed by atoms with Crippen molar-refractivity contribution in [1.29, 1.82) is 0 Å². The van der Waals surface area contributed by atoms with Gasteiger partial charge in [-0.3, -0.25) is 0 Å². The number of hydrogen-bond donors (Lipinski definition) is 0. The normalized spacial score (nSPS) is 18.1. The molecule has 0 N–H and O–H groups in total. The first-order chi connectivity index (χ1) is 7.84. The van der Waals surface area contributed by atoms with Crippen molar-refractivity contribution in [1.82, 2.24) is 0 Å². The van der Waals surface area contributed by atoms with Gasteiger partial charge in [0.1, 0.15) is 5.82 Å². The van der Waals surface area contributed by atoms with Crippen molar-refractivity contribution in [2.45, 2.75) is 38.5 Å². The van der Waals surface area contributed by atoms with E-state index in [0.717, 1.165) is 12.3 Å². The van der Waals surface area contributed by atoms with Gasteiger partial charge >= 0.3 is 0 Å². The van der Waals surface area contributed by atoms with E-state index < -0.39 is 0 Å². The minimum Gasteiger partial charge on any atom is -0.207 e. The summed E-state index contributed by atoms with van der Waals surface area (Å²) in [7, 11) is 0. The Labute approximate surface area is 97.2 Å². The Bertz CT molecular complexity index is 331. The molecule has 1 fully saturated rings. The van der Waals surface area contributed by atoms with Crippen molar-refractivity contribution < 1.29 is 4.39 Å². The molecule has 0 aromatic heterocycles. The number of allylic oxidation sites excluding steroid dienone is 2. The Kier molecular flexibility index (Phi) is 4.15. The highest BCUT2D eigenvalue weighted by molar-refractivity contribution is 5.18. The molecular weight excluding hydrogens is 199 g/mol. The highest BCUT2D eigenvalue weighted by atomic mass is 19.1. The minimum atomic E-state index is -0.153. The highest BCUT2D eigenvalue weighted by Crippen LogP contribution is 2.24. The van der Waals surface area contributed by atoms with Crippen molar-refractivity contribution >= 4 is 0 Å². The van der Waals surface area contributed by atoms with Gasteiger partial charge < -0.3 is 0 Å². The molecular formula is C15H19F. The third-order valence-corrected chi connectivity index (χ3v) is 3.32. The molecule has 1 aliphatic rings. The van der Waals surface area contributed by atoms with E-state index in [4.69, 9.17) is 0 Å². The quantitative estimate of drug-likeness (QED) is 0.655. The number of hydrogen-bond acceptors (Lipinski definition) is 0. The van der Waals surface area contributed by atoms with E-state index in [2.05, 4.69) is 12.2 Å². The van der Waals surface area contributed by atoms with Crippen LogP contribution in [0.15, 0.2) is 36.4 Å². The molecule has 1 saturated carbocycles. The fraction of sp³-hybridized carbons (Fsp3) is 0.467. The highest BCUT2D eigenvalue weighted by Gasteiger charge is 2.09. The Balaban J connectivity index is 1.81. The van der Waals surface area contributed by atoms with Crippen molar-refractivity contribution in [3.05, 3.63) is 47.8 Å². The molecule has 1 aromatic rings. The second-order valence-electron chi connectivity index (χ2n) is 4.66. The molecule has 0 heterocycles. The maximum Gasteiger partial charge on any atom is 0.123 e. The van der Waals surface area contributed by atoms with Crippen LogP contribution in [0.4, 0.5) is 4.39 Å². The van der Waals surface area contributed by atoms with Gasteiger partial charge in [0.25, 0.3) is 0 Å². The summed E-state index contributed by atoms with van der Waals surface area (Å²) in [4.78, 5) is 0. The predicted molar refractivity (Wildman–Crippen MR) is 65.8 cm³/mol. The lowest BCUT2D eigenvalue weighted by molar-refractivity contribution is 0.419. The van der Waals surface area contributed by atoms with Gasteiger partial charge in [0.05, 0.1) is 0 Å². The van der Waals surface area contributed by atoms with Crippen LogP contribution < -0.4 is 0 Å². The molecule has 86 valence electrons. The summed E-state index contributed by atoms with van der Waals surface area (Å²) in [6.45, 7) is 0. The van der Waals surface area contributed by atoms with E-state index in [-0.39, 0.29) is 5.82 Å². The second-order valence-corrected chi connectivity index (χ2v) is 4.66. The number of halogens is 1. The van der Waals surface area contributed by atoms with Crippen LogP contribution in [0.1, 0.15) is 37.7 Å². The van der Waals surface area contributed by atoms with Crippen molar-refractivity contribution in [3.63, 3.8) is 0 Å². The predicted octanol–water partition coefficient (Wildman–Crippen LogP) is 4.50. The molecule has 0 atom stereocenters. The smallest absolute Gasteiger partial charge is 0.123 e. The Morgan fingerprint density at radius 1 is 1.06 bits per heavy atom. The van der Waals surface area contributed by atoms with Gasteiger partial charge in [-0.15, -0.1) is 0 Å². The van der Waals surface area contributed by atoms with Crippen LogP contribution in [-0.4, -0.2) is 0 Å². The number of benzene rings is 1.